The van der Waals surface area contributed by atoms with Crippen LogP contribution in [0.1, 0.15) is 92.4 Å². The van der Waals surface area contributed by atoms with Gasteiger partial charge in [-0.3, -0.25) is 0 Å². The summed E-state index contributed by atoms with van der Waals surface area (Å²) in [5.74, 6) is 0.974. The molecular weight excluding hydrogens is 192 g/mol. The largest absolute Gasteiger partial charge is 0.0654 e. The summed E-state index contributed by atoms with van der Waals surface area (Å²) in [6.45, 7) is 11.9. The van der Waals surface area contributed by atoms with Gasteiger partial charge in [-0.15, -0.1) is 0 Å². The number of rotatable bonds is 10. The molecule has 98 valence electrons. The maximum absolute atomic E-state index is 2.51. The molecular formula is C16H34. The quantitative estimate of drug-likeness (QED) is 0.416. The molecule has 0 aliphatic heterocycles. The van der Waals surface area contributed by atoms with Gasteiger partial charge in [0.25, 0.3) is 0 Å². The van der Waals surface area contributed by atoms with Gasteiger partial charge in [0.1, 0.15) is 0 Å². The van der Waals surface area contributed by atoms with E-state index >= 15 is 0 Å². The Hall–Kier alpha value is 0. The first-order chi connectivity index (χ1) is 7.61. The van der Waals surface area contributed by atoms with Crippen LogP contribution in [0.2, 0.25) is 0 Å². The van der Waals surface area contributed by atoms with Crippen molar-refractivity contribution in [3.05, 3.63) is 0 Å². The van der Waals surface area contributed by atoms with Crippen molar-refractivity contribution < 1.29 is 0 Å². The van der Waals surface area contributed by atoms with Crippen LogP contribution in [-0.2, 0) is 0 Å². The van der Waals surface area contributed by atoms with E-state index < -0.39 is 0 Å². The maximum Gasteiger partial charge on any atom is -0.0326 e. The van der Waals surface area contributed by atoms with Crippen LogP contribution in [0.3, 0.4) is 0 Å². The fraction of sp³-hybridized carbons (Fsp3) is 1.00. The zero-order chi connectivity index (χ0) is 12.4. The van der Waals surface area contributed by atoms with Gasteiger partial charge in [-0.2, -0.15) is 0 Å². The fourth-order valence-corrected chi connectivity index (χ4v) is 2.67. The topological polar surface area (TPSA) is 0 Å². The number of hydrogen-bond donors (Lipinski definition) is 0. The highest BCUT2D eigenvalue weighted by atomic mass is 14.3. The highest BCUT2D eigenvalue weighted by molar-refractivity contribution is 4.76. The molecule has 0 radical (unpaired) electrons. The van der Waals surface area contributed by atoms with E-state index in [2.05, 4.69) is 34.6 Å². The third-order valence-electron chi connectivity index (χ3n) is 4.31. The molecule has 0 bridgehead atoms. The molecule has 0 aromatic carbocycles. The molecule has 0 aromatic rings. The second-order valence-electron chi connectivity index (χ2n) is 5.89. The van der Waals surface area contributed by atoms with Crippen LogP contribution in [-0.4, -0.2) is 0 Å². The van der Waals surface area contributed by atoms with Crippen molar-refractivity contribution in [3.63, 3.8) is 0 Å². The Kier molecular flexibility index (Phi) is 9.07. The minimum atomic E-state index is 0.616. The van der Waals surface area contributed by atoms with Crippen molar-refractivity contribution in [2.45, 2.75) is 92.4 Å². The molecule has 0 heterocycles. The summed E-state index contributed by atoms with van der Waals surface area (Å²) >= 11 is 0. The summed E-state index contributed by atoms with van der Waals surface area (Å²) in [6, 6.07) is 0. The molecule has 0 N–H and O–H groups in total. The Balaban J connectivity index is 4.12. The highest BCUT2D eigenvalue weighted by Crippen LogP contribution is 2.37. The molecule has 0 aromatic heterocycles. The van der Waals surface area contributed by atoms with Crippen LogP contribution in [0.5, 0.6) is 0 Å². The number of unbranched alkanes of at least 4 members (excludes halogenated alkanes) is 2. The second kappa shape index (κ2) is 9.07. The van der Waals surface area contributed by atoms with Gasteiger partial charge >= 0.3 is 0 Å². The van der Waals surface area contributed by atoms with Gasteiger partial charge in [0.05, 0.1) is 0 Å². The first-order valence-corrected chi connectivity index (χ1v) is 7.61. The van der Waals surface area contributed by atoms with Crippen molar-refractivity contribution in [3.8, 4) is 0 Å². The van der Waals surface area contributed by atoms with Crippen molar-refractivity contribution >= 4 is 0 Å². The van der Waals surface area contributed by atoms with Crippen LogP contribution in [0, 0.1) is 11.3 Å². The van der Waals surface area contributed by atoms with Crippen LogP contribution < -0.4 is 0 Å². The lowest BCUT2D eigenvalue weighted by molar-refractivity contribution is 0.195. The number of hydrogen-bond acceptors (Lipinski definition) is 0. The SMILES string of the molecule is CCCCC(CC)CC(C)(CC)CCCC. The molecule has 0 saturated heterocycles. The van der Waals surface area contributed by atoms with E-state index in [1.807, 2.05) is 0 Å². The predicted molar refractivity (Wildman–Crippen MR) is 75.8 cm³/mol. The Morgan fingerprint density at radius 1 is 0.938 bits per heavy atom. The van der Waals surface area contributed by atoms with E-state index in [9.17, 15) is 0 Å². The summed E-state index contributed by atoms with van der Waals surface area (Å²) < 4.78 is 0. The molecule has 0 aliphatic rings. The molecule has 16 heavy (non-hydrogen) atoms. The van der Waals surface area contributed by atoms with Crippen molar-refractivity contribution in [1.82, 2.24) is 0 Å². The third kappa shape index (κ3) is 6.55. The van der Waals surface area contributed by atoms with Gasteiger partial charge in [0.2, 0.25) is 0 Å². The van der Waals surface area contributed by atoms with Crippen LogP contribution in [0.25, 0.3) is 0 Å². The smallest absolute Gasteiger partial charge is 0.0326 e. The average molecular weight is 226 g/mol. The Morgan fingerprint density at radius 3 is 2.00 bits per heavy atom. The molecule has 0 amide bonds. The Labute approximate surface area is 104 Å². The molecule has 0 aliphatic carbocycles. The molecule has 0 heteroatoms. The summed E-state index contributed by atoms with van der Waals surface area (Å²) in [4.78, 5) is 0. The normalized spacial score (nSPS) is 17.1. The van der Waals surface area contributed by atoms with E-state index in [0.717, 1.165) is 5.92 Å². The molecule has 2 atom stereocenters. The first kappa shape index (κ1) is 16.0. The van der Waals surface area contributed by atoms with Gasteiger partial charge in [-0.1, -0.05) is 79.6 Å². The van der Waals surface area contributed by atoms with Crippen LogP contribution >= 0.6 is 0 Å². The van der Waals surface area contributed by atoms with Crippen LogP contribution in [0.15, 0.2) is 0 Å². The van der Waals surface area contributed by atoms with E-state index in [4.69, 9.17) is 0 Å². The van der Waals surface area contributed by atoms with Gasteiger partial charge in [-0.25, -0.2) is 0 Å². The monoisotopic (exact) mass is 226 g/mol. The van der Waals surface area contributed by atoms with E-state index in [-0.39, 0.29) is 0 Å². The lowest BCUT2D eigenvalue weighted by Crippen LogP contribution is -2.20. The Bertz CT molecular complexity index is 150. The fourth-order valence-electron chi connectivity index (χ4n) is 2.67. The van der Waals surface area contributed by atoms with Crippen LogP contribution in [0.4, 0.5) is 0 Å². The molecule has 0 saturated carbocycles. The zero-order valence-electron chi connectivity index (χ0n) is 12.4. The molecule has 0 fully saturated rings. The summed E-state index contributed by atoms with van der Waals surface area (Å²) in [7, 11) is 0. The highest BCUT2D eigenvalue weighted by Gasteiger charge is 2.24. The first-order valence-electron chi connectivity index (χ1n) is 7.61. The molecule has 0 nitrogen and oxygen atoms in total. The van der Waals surface area contributed by atoms with Gasteiger partial charge < -0.3 is 0 Å². The average Bonchev–Trinajstić information content (AvgIpc) is 2.32. The van der Waals surface area contributed by atoms with Crippen molar-refractivity contribution in [2.75, 3.05) is 0 Å². The minimum Gasteiger partial charge on any atom is -0.0654 e. The standard InChI is InChI=1S/C16H34/c1-6-10-12-15(8-3)14-16(5,9-4)13-11-7-2/h15H,6-14H2,1-5H3. The van der Waals surface area contributed by atoms with E-state index in [1.165, 1.54) is 57.8 Å². The molecule has 0 spiro atoms. The second-order valence-corrected chi connectivity index (χ2v) is 5.89. The Morgan fingerprint density at radius 2 is 1.56 bits per heavy atom. The van der Waals surface area contributed by atoms with E-state index in [1.54, 1.807) is 0 Å². The maximum atomic E-state index is 2.51. The third-order valence-corrected chi connectivity index (χ3v) is 4.31. The lowest BCUT2D eigenvalue weighted by atomic mass is 9.73. The lowest BCUT2D eigenvalue weighted by Gasteiger charge is -2.32. The summed E-state index contributed by atoms with van der Waals surface area (Å²) in [5.41, 5.74) is 0.616. The van der Waals surface area contributed by atoms with Crippen molar-refractivity contribution in [2.24, 2.45) is 11.3 Å². The molecule has 0 rings (SSSR count). The van der Waals surface area contributed by atoms with Gasteiger partial charge in [-0.05, 0) is 24.2 Å². The van der Waals surface area contributed by atoms with Gasteiger partial charge in [0.15, 0.2) is 0 Å². The molecule has 2 unspecified atom stereocenters. The minimum absolute atomic E-state index is 0.616. The summed E-state index contributed by atoms with van der Waals surface area (Å²) in [6.07, 6.45) is 12.6. The van der Waals surface area contributed by atoms with Crippen molar-refractivity contribution in [1.29, 1.82) is 0 Å². The zero-order valence-corrected chi connectivity index (χ0v) is 12.4. The summed E-state index contributed by atoms with van der Waals surface area (Å²) in [5, 5.41) is 0. The van der Waals surface area contributed by atoms with Gasteiger partial charge in [0, 0.05) is 0 Å². The van der Waals surface area contributed by atoms with E-state index in [0.29, 0.717) is 5.41 Å². The predicted octanol–water partition coefficient (Wildman–Crippen LogP) is 6.20.